The molecule has 1 heterocycles. The number of nitrogens with zero attached hydrogens (tertiary/aromatic N) is 2. The standard InChI is InChI=1S/C11H17BrN4/c1-3-13-10-9(12)11(15-6-14-10)16-7(2)8-4-5-8/h6-8H,3-5H2,1-2H3,(H2,13,14,15,16). The van der Waals surface area contributed by atoms with Crippen LogP contribution in [0.5, 0.6) is 0 Å². The van der Waals surface area contributed by atoms with Crippen LogP contribution < -0.4 is 10.6 Å². The Morgan fingerprint density at radius 1 is 1.44 bits per heavy atom. The van der Waals surface area contributed by atoms with Gasteiger partial charge < -0.3 is 10.6 Å². The number of anilines is 2. The van der Waals surface area contributed by atoms with Crippen molar-refractivity contribution in [2.45, 2.75) is 32.7 Å². The molecule has 0 radical (unpaired) electrons. The van der Waals surface area contributed by atoms with Gasteiger partial charge in [0.15, 0.2) is 0 Å². The maximum atomic E-state index is 4.26. The minimum Gasteiger partial charge on any atom is -0.369 e. The van der Waals surface area contributed by atoms with Crippen molar-refractivity contribution < 1.29 is 0 Å². The van der Waals surface area contributed by atoms with Crippen LogP contribution in [0.25, 0.3) is 0 Å². The zero-order chi connectivity index (χ0) is 11.5. The minimum atomic E-state index is 0.487. The second kappa shape index (κ2) is 4.99. The fourth-order valence-electron chi connectivity index (χ4n) is 1.69. The molecule has 0 spiro atoms. The van der Waals surface area contributed by atoms with Crippen LogP contribution in [0.3, 0.4) is 0 Å². The molecule has 1 aromatic heterocycles. The first-order chi connectivity index (χ1) is 7.72. The average Bonchev–Trinajstić information content (AvgIpc) is 3.07. The summed E-state index contributed by atoms with van der Waals surface area (Å²) in [5, 5.41) is 6.63. The van der Waals surface area contributed by atoms with Crippen molar-refractivity contribution >= 4 is 27.6 Å². The van der Waals surface area contributed by atoms with E-state index >= 15 is 0 Å². The molecule has 2 N–H and O–H groups in total. The van der Waals surface area contributed by atoms with Gasteiger partial charge in [-0.2, -0.15) is 0 Å². The van der Waals surface area contributed by atoms with E-state index in [4.69, 9.17) is 0 Å². The highest BCUT2D eigenvalue weighted by atomic mass is 79.9. The summed E-state index contributed by atoms with van der Waals surface area (Å²) in [6.45, 7) is 5.11. The zero-order valence-corrected chi connectivity index (χ0v) is 11.2. The molecule has 1 aliphatic carbocycles. The van der Waals surface area contributed by atoms with Crippen LogP contribution in [0.15, 0.2) is 10.8 Å². The van der Waals surface area contributed by atoms with Crippen LogP contribution in [0, 0.1) is 5.92 Å². The summed E-state index contributed by atoms with van der Waals surface area (Å²) >= 11 is 3.53. The van der Waals surface area contributed by atoms with Crippen molar-refractivity contribution in [3.8, 4) is 0 Å². The van der Waals surface area contributed by atoms with Gasteiger partial charge in [-0.3, -0.25) is 0 Å². The third-order valence-electron chi connectivity index (χ3n) is 2.83. The highest BCUT2D eigenvalue weighted by Gasteiger charge is 2.28. The molecule has 0 aliphatic heterocycles. The smallest absolute Gasteiger partial charge is 0.146 e. The Bertz CT molecular complexity index is 365. The molecule has 0 saturated heterocycles. The fraction of sp³-hybridized carbons (Fsp3) is 0.636. The summed E-state index contributed by atoms with van der Waals surface area (Å²) < 4.78 is 0.921. The molecule has 1 saturated carbocycles. The number of hydrogen-bond donors (Lipinski definition) is 2. The van der Waals surface area contributed by atoms with Crippen LogP contribution in [0.2, 0.25) is 0 Å². The van der Waals surface area contributed by atoms with E-state index < -0.39 is 0 Å². The molecule has 4 nitrogen and oxygen atoms in total. The number of aromatic nitrogens is 2. The molecule has 5 heteroatoms. The van der Waals surface area contributed by atoms with E-state index in [0.29, 0.717) is 6.04 Å². The van der Waals surface area contributed by atoms with Gasteiger partial charge in [-0.1, -0.05) is 0 Å². The van der Waals surface area contributed by atoms with Gasteiger partial charge in [0, 0.05) is 12.6 Å². The lowest BCUT2D eigenvalue weighted by Crippen LogP contribution is -2.19. The molecule has 1 unspecified atom stereocenters. The van der Waals surface area contributed by atoms with E-state index in [-0.39, 0.29) is 0 Å². The summed E-state index contributed by atoms with van der Waals surface area (Å²) in [6, 6.07) is 0.487. The lowest BCUT2D eigenvalue weighted by molar-refractivity contribution is 0.689. The summed E-state index contributed by atoms with van der Waals surface area (Å²) in [7, 11) is 0. The highest BCUT2D eigenvalue weighted by Crippen LogP contribution is 2.35. The number of rotatable bonds is 5. The Hall–Kier alpha value is -0.840. The monoisotopic (exact) mass is 284 g/mol. The predicted octanol–water partition coefficient (Wildman–Crippen LogP) is 2.88. The predicted molar refractivity (Wildman–Crippen MR) is 69.7 cm³/mol. The molecule has 0 aromatic carbocycles. The van der Waals surface area contributed by atoms with Crippen molar-refractivity contribution in [2.75, 3.05) is 17.2 Å². The van der Waals surface area contributed by atoms with Gasteiger partial charge in [-0.15, -0.1) is 0 Å². The largest absolute Gasteiger partial charge is 0.369 e. The summed E-state index contributed by atoms with van der Waals surface area (Å²) in [6.07, 6.45) is 4.25. The SMILES string of the molecule is CCNc1ncnc(NC(C)C2CC2)c1Br. The van der Waals surface area contributed by atoms with Crippen LogP contribution >= 0.6 is 15.9 Å². The molecule has 1 atom stereocenters. The Morgan fingerprint density at radius 2 is 2.12 bits per heavy atom. The van der Waals surface area contributed by atoms with Gasteiger partial charge in [0.1, 0.15) is 22.4 Å². The maximum absolute atomic E-state index is 4.26. The van der Waals surface area contributed by atoms with Crippen LogP contribution in [-0.4, -0.2) is 22.6 Å². The van der Waals surface area contributed by atoms with E-state index in [1.165, 1.54) is 12.8 Å². The molecule has 1 aromatic rings. The topological polar surface area (TPSA) is 49.8 Å². The Kier molecular flexibility index (Phi) is 3.63. The summed E-state index contributed by atoms with van der Waals surface area (Å²) in [5.41, 5.74) is 0. The number of hydrogen-bond acceptors (Lipinski definition) is 4. The van der Waals surface area contributed by atoms with Crippen molar-refractivity contribution in [3.63, 3.8) is 0 Å². The van der Waals surface area contributed by atoms with Gasteiger partial charge in [0.05, 0.1) is 0 Å². The lowest BCUT2D eigenvalue weighted by Gasteiger charge is -2.15. The minimum absolute atomic E-state index is 0.487. The second-order valence-electron chi connectivity index (χ2n) is 4.19. The van der Waals surface area contributed by atoms with Gasteiger partial charge in [0.25, 0.3) is 0 Å². The van der Waals surface area contributed by atoms with Gasteiger partial charge >= 0.3 is 0 Å². The first-order valence-corrected chi connectivity index (χ1v) is 6.52. The lowest BCUT2D eigenvalue weighted by atomic mass is 10.2. The highest BCUT2D eigenvalue weighted by molar-refractivity contribution is 9.10. The molecular formula is C11H17BrN4. The van der Waals surface area contributed by atoms with Crippen LogP contribution in [0.4, 0.5) is 11.6 Å². The van der Waals surface area contributed by atoms with Gasteiger partial charge in [-0.05, 0) is 48.5 Å². The fourth-order valence-corrected chi connectivity index (χ4v) is 2.15. The van der Waals surface area contributed by atoms with E-state index in [2.05, 4.69) is 50.4 Å². The van der Waals surface area contributed by atoms with Crippen molar-refractivity contribution in [1.82, 2.24) is 9.97 Å². The summed E-state index contributed by atoms with van der Waals surface area (Å²) in [4.78, 5) is 8.45. The van der Waals surface area contributed by atoms with Gasteiger partial charge in [0.2, 0.25) is 0 Å². The quantitative estimate of drug-likeness (QED) is 0.873. The third-order valence-corrected chi connectivity index (χ3v) is 3.58. The summed E-state index contributed by atoms with van der Waals surface area (Å²) in [5.74, 6) is 2.54. The van der Waals surface area contributed by atoms with Gasteiger partial charge in [-0.25, -0.2) is 9.97 Å². The molecule has 88 valence electrons. The number of nitrogens with one attached hydrogen (secondary N) is 2. The molecule has 16 heavy (non-hydrogen) atoms. The van der Waals surface area contributed by atoms with Crippen LogP contribution in [0.1, 0.15) is 26.7 Å². The van der Waals surface area contributed by atoms with Crippen molar-refractivity contribution in [2.24, 2.45) is 5.92 Å². The Balaban J connectivity index is 2.10. The molecule has 1 fully saturated rings. The number of halogens is 1. The normalized spacial score (nSPS) is 16.9. The second-order valence-corrected chi connectivity index (χ2v) is 4.98. The van der Waals surface area contributed by atoms with Crippen molar-refractivity contribution in [3.05, 3.63) is 10.8 Å². The van der Waals surface area contributed by atoms with E-state index in [0.717, 1.165) is 28.6 Å². The van der Waals surface area contributed by atoms with E-state index in [1.54, 1.807) is 6.33 Å². The third kappa shape index (κ3) is 2.64. The first kappa shape index (κ1) is 11.6. The first-order valence-electron chi connectivity index (χ1n) is 5.73. The Morgan fingerprint density at radius 3 is 2.75 bits per heavy atom. The van der Waals surface area contributed by atoms with E-state index in [1.807, 2.05) is 0 Å². The average molecular weight is 285 g/mol. The zero-order valence-electron chi connectivity index (χ0n) is 9.63. The molecule has 1 aliphatic rings. The molecule has 0 bridgehead atoms. The Labute approximate surface area is 104 Å². The molecular weight excluding hydrogens is 268 g/mol. The molecule has 0 amide bonds. The van der Waals surface area contributed by atoms with Crippen LogP contribution in [-0.2, 0) is 0 Å². The van der Waals surface area contributed by atoms with Crippen molar-refractivity contribution in [1.29, 1.82) is 0 Å². The molecule has 2 rings (SSSR count). The van der Waals surface area contributed by atoms with E-state index in [9.17, 15) is 0 Å². The maximum Gasteiger partial charge on any atom is 0.146 e.